The maximum Gasteiger partial charge on any atom is 0.228 e. The first-order valence-electron chi connectivity index (χ1n) is 9.66. The highest BCUT2D eigenvalue weighted by molar-refractivity contribution is 5.97. The van der Waals surface area contributed by atoms with Crippen molar-refractivity contribution in [2.45, 2.75) is 6.42 Å². The van der Waals surface area contributed by atoms with Crippen molar-refractivity contribution in [1.29, 1.82) is 0 Å². The maximum absolute atomic E-state index is 12.4. The highest BCUT2D eigenvalue weighted by atomic mass is 16.1. The smallest absolute Gasteiger partial charge is 0.228 e. The lowest BCUT2D eigenvalue weighted by atomic mass is 10.1. The van der Waals surface area contributed by atoms with Gasteiger partial charge in [-0.05, 0) is 35.9 Å². The van der Waals surface area contributed by atoms with Gasteiger partial charge in [0.2, 0.25) is 5.91 Å². The molecule has 2 heterocycles. The Bertz CT molecular complexity index is 1230. The molecule has 0 aliphatic carbocycles. The Morgan fingerprint density at radius 1 is 1.00 bits per heavy atom. The first-order valence-corrected chi connectivity index (χ1v) is 9.66. The molecule has 30 heavy (non-hydrogen) atoms. The molecule has 0 atom stereocenters. The normalized spacial score (nSPS) is 12.9. The molecule has 0 unspecified atom stereocenters. The summed E-state index contributed by atoms with van der Waals surface area (Å²) in [6.45, 7) is 0. The molecule has 4 aromatic rings. The predicted molar refractivity (Wildman–Crippen MR) is 118 cm³/mol. The minimum Gasteiger partial charge on any atom is -0.326 e. The van der Waals surface area contributed by atoms with Gasteiger partial charge in [0.15, 0.2) is 0 Å². The van der Waals surface area contributed by atoms with Crippen LogP contribution in [0.3, 0.4) is 0 Å². The summed E-state index contributed by atoms with van der Waals surface area (Å²) in [6, 6.07) is 23.5. The first kappa shape index (κ1) is 18.0. The molecule has 4 N–H and O–H groups in total. The second-order valence-corrected chi connectivity index (χ2v) is 7.04. The molecular formula is C23H20N6O. The Labute approximate surface area is 173 Å². The highest BCUT2D eigenvalue weighted by Crippen LogP contribution is 2.31. The van der Waals surface area contributed by atoms with E-state index in [0.717, 1.165) is 39.1 Å². The molecule has 0 fully saturated rings. The van der Waals surface area contributed by atoms with Crippen LogP contribution in [-0.4, -0.2) is 16.1 Å². The van der Waals surface area contributed by atoms with E-state index in [9.17, 15) is 4.79 Å². The molecule has 0 radical (unpaired) electrons. The van der Waals surface area contributed by atoms with Crippen LogP contribution in [0.25, 0.3) is 22.2 Å². The monoisotopic (exact) mass is 396 g/mol. The topological polar surface area (TPSA) is 85.1 Å². The van der Waals surface area contributed by atoms with Crippen LogP contribution in [0.4, 0.5) is 11.4 Å². The quantitative estimate of drug-likeness (QED) is 0.413. The molecule has 0 bridgehead atoms. The van der Waals surface area contributed by atoms with Gasteiger partial charge in [-0.3, -0.25) is 14.9 Å². The Morgan fingerprint density at radius 2 is 1.90 bits per heavy atom. The van der Waals surface area contributed by atoms with Crippen molar-refractivity contribution in [3.05, 3.63) is 90.8 Å². The summed E-state index contributed by atoms with van der Waals surface area (Å²) < 4.78 is 0. The number of aromatic amines is 1. The fourth-order valence-corrected chi connectivity index (χ4v) is 3.51. The number of carbonyl (C=O) groups excluding carboxylic acids is 1. The van der Waals surface area contributed by atoms with Crippen molar-refractivity contribution < 1.29 is 4.79 Å². The Hall–Kier alpha value is -4.10. The molecule has 0 spiro atoms. The van der Waals surface area contributed by atoms with Crippen molar-refractivity contribution in [3.8, 4) is 11.3 Å². The van der Waals surface area contributed by atoms with Crippen LogP contribution < -0.4 is 21.3 Å². The molecule has 7 nitrogen and oxygen atoms in total. The zero-order valence-electron chi connectivity index (χ0n) is 16.1. The average molecular weight is 396 g/mol. The molecule has 5 rings (SSSR count). The minimum atomic E-state index is -0.0492. The number of carbonyl (C=O) groups is 1. The second-order valence-electron chi connectivity index (χ2n) is 7.04. The van der Waals surface area contributed by atoms with Crippen molar-refractivity contribution in [1.82, 2.24) is 21.2 Å². The molecule has 0 saturated carbocycles. The van der Waals surface area contributed by atoms with Gasteiger partial charge in [0, 0.05) is 29.0 Å². The first-order chi connectivity index (χ1) is 14.8. The number of rotatable bonds is 5. The van der Waals surface area contributed by atoms with Crippen LogP contribution in [0.2, 0.25) is 0 Å². The van der Waals surface area contributed by atoms with Crippen molar-refractivity contribution >= 4 is 28.2 Å². The fourth-order valence-electron chi connectivity index (χ4n) is 3.51. The van der Waals surface area contributed by atoms with Crippen LogP contribution in [0.15, 0.2) is 85.2 Å². The van der Waals surface area contributed by atoms with E-state index in [4.69, 9.17) is 0 Å². The van der Waals surface area contributed by atoms with Gasteiger partial charge in [-0.25, -0.2) is 0 Å². The van der Waals surface area contributed by atoms with E-state index in [1.807, 2.05) is 84.1 Å². The third kappa shape index (κ3) is 3.61. The number of hydrazine groups is 2. The Kier molecular flexibility index (Phi) is 4.63. The number of fused-ring (bicyclic) bond motifs is 1. The predicted octanol–water partition coefficient (Wildman–Crippen LogP) is 3.71. The van der Waals surface area contributed by atoms with E-state index in [1.54, 1.807) is 0 Å². The van der Waals surface area contributed by atoms with Gasteiger partial charge in [-0.2, -0.15) is 5.10 Å². The Balaban J connectivity index is 1.40. The van der Waals surface area contributed by atoms with Crippen molar-refractivity contribution in [3.63, 3.8) is 0 Å². The molecule has 7 heteroatoms. The van der Waals surface area contributed by atoms with Crippen molar-refractivity contribution in [2.24, 2.45) is 0 Å². The van der Waals surface area contributed by atoms with E-state index in [2.05, 4.69) is 32.5 Å². The highest BCUT2D eigenvalue weighted by Gasteiger charge is 2.13. The van der Waals surface area contributed by atoms with E-state index in [1.165, 1.54) is 0 Å². The summed E-state index contributed by atoms with van der Waals surface area (Å²) >= 11 is 0. The molecule has 0 saturated heterocycles. The molecule has 3 aromatic carbocycles. The van der Waals surface area contributed by atoms with E-state index >= 15 is 0 Å². The largest absolute Gasteiger partial charge is 0.326 e. The lowest BCUT2D eigenvalue weighted by Gasteiger charge is -2.15. The minimum absolute atomic E-state index is 0.0492. The van der Waals surface area contributed by atoms with Gasteiger partial charge in [0.25, 0.3) is 0 Å². The zero-order valence-corrected chi connectivity index (χ0v) is 16.1. The van der Waals surface area contributed by atoms with Gasteiger partial charge in [0.05, 0.1) is 17.6 Å². The molecule has 148 valence electrons. The van der Waals surface area contributed by atoms with Gasteiger partial charge in [0.1, 0.15) is 5.69 Å². The number of aromatic nitrogens is 2. The number of H-pyrrole nitrogens is 1. The lowest BCUT2D eigenvalue weighted by molar-refractivity contribution is -0.115. The molecule has 1 amide bonds. The summed E-state index contributed by atoms with van der Waals surface area (Å²) in [5, 5.41) is 13.5. The van der Waals surface area contributed by atoms with Crippen LogP contribution in [-0.2, 0) is 11.2 Å². The standard InChI is InChI=1S/C23H20N6O/c30-22(13-16-5-2-1-3-6-16)25-18-8-4-7-17(14-18)23-20-15-19(29-12-11-24-28-29)9-10-21(20)26-27-23/h1-12,14-15,24,28H,13H2,(H,25,30)(H,26,27). The second kappa shape index (κ2) is 7.73. The zero-order chi connectivity index (χ0) is 20.3. The number of benzene rings is 3. The number of hydrogen-bond donors (Lipinski definition) is 4. The van der Waals surface area contributed by atoms with Gasteiger partial charge < -0.3 is 10.7 Å². The Morgan fingerprint density at radius 3 is 2.73 bits per heavy atom. The van der Waals surface area contributed by atoms with Crippen LogP contribution >= 0.6 is 0 Å². The van der Waals surface area contributed by atoms with E-state index < -0.39 is 0 Å². The number of anilines is 2. The number of hydrogen-bond acceptors (Lipinski definition) is 5. The summed E-state index contributed by atoms with van der Waals surface area (Å²) in [5.41, 5.74) is 11.4. The SMILES string of the molecule is O=C(Cc1ccccc1)Nc1cccc(-c2n[nH]c3ccc(N4C=CNN4)cc23)c1. The van der Waals surface area contributed by atoms with Gasteiger partial charge in [-0.15, -0.1) is 5.53 Å². The molecule has 1 aromatic heterocycles. The van der Waals surface area contributed by atoms with Gasteiger partial charge >= 0.3 is 0 Å². The van der Waals surface area contributed by atoms with Crippen LogP contribution in [0.5, 0.6) is 0 Å². The maximum atomic E-state index is 12.4. The third-order valence-corrected chi connectivity index (χ3v) is 4.94. The van der Waals surface area contributed by atoms with E-state index in [0.29, 0.717) is 6.42 Å². The lowest BCUT2D eigenvalue weighted by Crippen LogP contribution is -2.35. The van der Waals surface area contributed by atoms with Crippen LogP contribution in [0.1, 0.15) is 5.56 Å². The fraction of sp³-hybridized carbons (Fsp3) is 0.0435. The number of nitrogens with zero attached hydrogens (tertiary/aromatic N) is 2. The summed E-state index contributed by atoms with van der Waals surface area (Å²) in [6.07, 6.45) is 4.07. The number of nitrogens with one attached hydrogen (secondary N) is 4. The molecule has 1 aliphatic rings. The summed E-state index contributed by atoms with van der Waals surface area (Å²) in [7, 11) is 0. The van der Waals surface area contributed by atoms with Crippen LogP contribution in [0, 0.1) is 0 Å². The third-order valence-electron chi connectivity index (χ3n) is 4.94. The summed E-state index contributed by atoms with van der Waals surface area (Å²) in [5.74, 6) is -0.0492. The average Bonchev–Trinajstić information content (AvgIpc) is 3.44. The van der Waals surface area contributed by atoms with E-state index in [-0.39, 0.29) is 5.91 Å². The summed E-state index contributed by atoms with van der Waals surface area (Å²) in [4.78, 5) is 12.4. The number of amides is 1. The van der Waals surface area contributed by atoms with Crippen molar-refractivity contribution in [2.75, 3.05) is 10.3 Å². The molecular weight excluding hydrogens is 376 g/mol. The van der Waals surface area contributed by atoms with Gasteiger partial charge in [-0.1, -0.05) is 42.5 Å². The molecule has 1 aliphatic heterocycles.